The number of aryl methyl sites for hydroxylation is 1. The molecule has 168 valence electrons. The molecule has 2 rings (SSSR count). The van der Waals surface area contributed by atoms with Gasteiger partial charge in [0.15, 0.2) is 13.1 Å². The summed E-state index contributed by atoms with van der Waals surface area (Å²) in [6, 6.07) is 5.98. The van der Waals surface area contributed by atoms with Crippen LogP contribution >= 0.6 is 0 Å². The summed E-state index contributed by atoms with van der Waals surface area (Å²) in [5.41, 5.74) is 3.18. The van der Waals surface area contributed by atoms with Crippen molar-refractivity contribution in [2.24, 2.45) is 5.41 Å². The highest BCUT2D eigenvalue weighted by molar-refractivity contribution is 5.92. The van der Waals surface area contributed by atoms with Gasteiger partial charge in [0.1, 0.15) is 26.2 Å². The van der Waals surface area contributed by atoms with Crippen LogP contribution in [0, 0.1) is 19.3 Å². The van der Waals surface area contributed by atoms with E-state index in [4.69, 9.17) is 0 Å². The zero-order valence-electron chi connectivity index (χ0n) is 20.0. The number of nitrogens with one attached hydrogen (secondary N) is 4. The highest BCUT2D eigenvalue weighted by Gasteiger charge is 2.30. The molecule has 0 aromatic heterocycles. The van der Waals surface area contributed by atoms with Gasteiger partial charge in [-0.1, -0.05) is 32.9 Å². The Morgan fingerprint density at radius 1 is 0.900 bits per heavy atom. The first-order chi connectivity index (χ1) is 13.8. The molecule has 1 aromatic carbocycles. The van der Waals surface area contributed by atoms with Gasteiger partial charge in [0.2, 0.25) is 0 Å². The maximum absolute atomic E-state index is 12.5. The Labute approximate surface area is 182 Å². The number of piperazine rings is 1. The molecular weight excluding hydrogens is 376 g/mol. The number of quaternary nitrogens is 2. The van der Waals surface area contributed by atoms with E-state index in [1.165, 1.54) is 15.4 Å². The second kappa shape index (κ2) is 9.92. The molecule has 0 radical (unpaired) electrons. The Bertz CT molecular complexity index is 744. The molecule has 0 atom stereocenters. The molecule has 0 aliphatic carbocycles. The van der Waals surface area contributed by atoms with Gasteiger partial charge in [-0.25, -0.2) is 0 Å². The summed E-state index contributed by atoms with van der Waals surface area (Å²) >= 11 is 0. The van der Waals surface area contributed by atoms with Gasteiger partial charge in [-0.05, 0) is 56.7 Å². The van der Waals surface area contributed by atoms with Crippen molar-refractivity contribution in [1.82, 2.24) is 5.32 Å². The van der Waals surface area contributed by atoms with Crippen LogP contribution in [0.2, 0.25) is 0 Å². The van der Waals surface area contributed by atoms with E-state index >= 15 is 0 Å². The van der Waals surface area contributed by atoms with Crippen molar-refractivity contribution in [3.63, 3.8) is 0 Å². The normalized spacial score (nSPS) is 20.0. The Hall–Kier alpha value is -1.92. The summed E-state index contributed by atoms with van der Waals surface area (Å²) in [6.45, 7) is 19.5. The minimum absolute atomic E-state index is 0.0591. The van der Waals surface area contributed by atoms with E-state index < -0.39 is 0 Å². The van der Waals surface area contributed by atoms with Crippen LogP contribution in [0.1, 0.15) is 52.2 Å². The molecule has 1 fully saturated rings. The standard InChI is InChI=1S/C24H40N4O2/c1-18-9-8-10-20(19(18)2)25-21(29)15-27-11-13-28(14-12-27)16-22(30)26-24(6,7)17-23(3,4)5/h8-10H,11-17H2,1-7H3,(H,25,29)(H,26,30)/p+2. The van der Waals surface area contributed by atoms with Crippen molar-refractivity contribution < 1.29 is 19.4 Å². The lowest BCUT2D eigenvalue weighted by Crippen LogP contribution is -3.28. The second-order valence-electron chi connectivity index (χ2n) is 10.8. The molecule has 1 aromatic rings. The fourth-order valence-electron chi connectivity index (χ4n) is 4.64. The highest BCUT2D eigenvalue weighted by Crippen LogP contribution is 2.26. The summed E-state index contributed by atoms with van der Waals surface area (Å²) in [4.78, 5) is 27.6. The number of anilines is 1. The Kier molecular flexibility index (Phi) is 8.06. The molecule has 1 saturated heterocycles. The molecule has 2 amide bonds. The van der Waals surface area contributed by atoms with E-state index in [1.54, 1.807) is 0 Å². The summed E-state index contributed by atoms with van der Waals surface area (Å²) < 4.78 is 0. The summed E-state index contributed by atoms with van der Waals surface area (Å²) in [6.07, 6.45) is 0.939. The molecule has 0 spiro atoms. The third-order valence-corrected chi connectivity index (χ3v) is 5.81. The molecule has 1 aliphatic heterocycles. The zero-order valence-corrected chi connectivity index (χ0v) is 20.0. The van der Waals surface area contributed by atoms with E-state index in [0.29, 0.717) is 13.1 Å². The maximum Gasteiger partial charge on any atom is 0.279 e. The minimum atomic E-state index is -0.201. The van der Waals surface area contributed by atoms with E-state index in [9.17, 15) is 9.59 Å². The number of carbonyl (C=O) groups is 2. The SMILES string of the molecule is Cc1cccc(NC(=O)C[NH+]2CC[NH+](CC(=O)NC(C)(C)CC(C)(C)C)CC2)c1C. The fraction of sp³-hybridized carbons (Fsp3) is 0.667. The van der Waals surface area contributed by atoms with Crippen molar-refractivity contribution in [2.75, 3.05) is 44.6 Å². The zero-order chi connectivity index (χ0) is 22.5. The van der Waals surface area contributed by atoms with Crippen LogP contribution in [0.25, 0.3) is 0 Å². The van der Waals surface area contributed by atoms with E-state index in [0.717, 1.165) is 43.9 Å². The Morgan fingerprint density at radius 3 is 1.97 bits per heavy atom. The molecule has 0 bridgehead atoms. The molecule has 0 saturated carbocycles. The average molecular weight is 419 g/mol. The molecule has 0 unspecified atom stereocenters. The van der Waals surface area contributed by atoms with Gasteiger partial charge in [0.25, 0.3) is 11.8 Å². The molecule has 4 N–H and O–H groups in total. The summed E-state index contributed by atoms with van der Waals surface area (Å²) in [5.74, 6) is 0.180. The van der Waals surface area contributed by atoms with Crippen LogP contribution in [0.5, 0.6) is 0 Å². The molecule has 1 aliphatic rings. The van der Waals surface area contributed by atoms with Crippen LogP contribution in [-0.2, 0) is 9.59 Å². The Balaban J connectivity index is 1.75. The number of hydrogen-bond donors (Lipinski definition) is 4. The molecular formula is C24H42N4O2+2. The molecule has 6 nitrogen and oxygen atoms in total. The van der Waals surface area contributed by atoms with Gasteiger partial charge in [-0.2, -0.15) is 0 Å². The summed E-state index contributed by atoms with van der Waals surface area (Å²) in [5, 5.41) is 6.27. The maximum atomic E-state index is 12.5. The predicted molar refractivity (Wildman–Crippen MR) is 122 cm³/mol. The van der Waals surface area contributed by atoms with Crippen molar-refractivity contribution in [1.29, 1.82) is 0 Å². The van der Waals surface area contributed by atoms with E-state index in [1.807, 2.05) is 19.1 Å². The largest absolute Gasteiger partial charge is 0.346 e. The first kappa shape index (κ1) is 24.4. The number of amides is 2. The molecule has 6 heteroatoms. The van der Waals surface area contributed by atoms with E-state index in [-0.39, 0.29) is 22.8 Å². The van der Waals surface area contributed by atoms with Crippen molar-refractivity contribution in [3.8, 4) is 0 Å². The first-order valence-corrected chi connectivity index (χ1v) is 11.2. The number of benzene rings is 1. The second-order valence-corrected chi connectivity index (χ2v) is 10.8. The lowest BCUT2D eigenvalue weighted by molar-refractivity contribution is -1.00. The quantitative estimate of drug-likeness (QED) is 0.517. The smallest absolute Gasteiger partial charge is 0.279 e. The fourth-order valence-corrected chi connectivity index (χ4v) is 4.64. The van der Waals surface area contributed by atoms with Crippen LogP contribution < -0.4 is 20.4 Å². The average Bonchev–Trinajstić information content (AvgIpc) is 2.58. The van der Waals surface area contributed by atoms with Crippen LogP contribution in [0.4, 0.5) is 5.69 Å². The predicted octanol–water partition coefficient (Wildman–Crippen LogP) is 0.356. The van der Waals surface area contributed by atoms with Crippen LogP contribution in [-0.4, -0.2) is 56.6 Å². The number of hydrogen-bond acceptors (Lipinski definition) is 2. The highest BCUT2D eigenvalue weighted by atomic mass is 16.2. The number of carbonyl (C=O) groups excluding carboxylic acids is 2. The monoisotopic (exact) mass is 418 g/mol. The lowest BCUT2D eigenvalue weighted by atomic mass is 9.82. The van der Waals surface area contributed by atoms with Crippen molar-refractivity contribution in [2.45, 2.75) is 60.4 Å². The van der Waals surface area contributed by atoms with Gasteiger partial charge < -0.3 is 20.4 Å². The molecule has 30 heavy (non-hydrogen) atoms. The number of rotatable bonds is 7. The Morgan fingerprint density at radius 2 is 1.43 bits per heavy atom. The van der Waals surface area contributed by atoms with Crippen LogP contribution in [0.15, 0.2) is 18.2 Å². The van der Waals surface area contributed by atoms with Crippen molar-refractivity contribution >= 4 is 17.5 Å². The van der Waals surface area contributed by atoms with Gasteiger partial charge in [-0.3, -0.25) is 9.59 Å². The minimum Gasteiger partial charge on any atom is -0.346 e. The van der Waals surface area contributed by atoms with Gasteiger partial charge in [0.05, 0.1) is 0 Å². The van der Waals surface area contributed by atoms with Gasteiger partial charge in [0, 0.05) is 11.2 Å². The van der Waals surface area contributed by atoms with Crippen LogP contribution in [0.3, 0.4) is 0 Å². The molecule has 1 heterocycles. The topological polar surface area (TPSA) is 67.1 Å². The van der Waals surface area contributed by atoms with E-state index in [2.05, 4.69) is 58.2 Å². The van der Waals surface area contributed by atoms with Gasteiger partial charge >= 0.3 is 0 Å². The lowest BCUT2D eigenvalue weighted by Gasteiger charge is -2.34. The summed E-state index contributed by atoms with van der Waals surface area (Å²) in [7, 11) is 0. The third-order valence-electron chi connectivity index (χ3n) is 5.81. The third kappa shape index (κ3) is 8.07. The van der Waals surface area contributed by atoms with Gasteiger partial charge in [-0.15, -0.1) is 0 Å². The van der Waals surface area contributed by atoms with Crippen molar-refractivity contribution in [3.05, 3.63) is 29.3 Å². The first-order valence-electron chi connectivity index (χ1n) is 11.2.